The lowest BCUT2D eigenvalue weighted by molar-refractivity contribution is -0.141. The van der Waals surface area contributed by atoms with E-state index in [2.05, 4.69) is 0 Å². The number of aliphatic hydroxyl groups is 1. The lowest BCUT2D eigenvalue weighted by Gasteiger charge is -2.21. The summed E-state index contributed by atoms with van der Waals surface area (Å²) in [5.41, 5.74) is 0.0158. The summed E-state index contributed by atoms with van der Waals surface area (Å²) in [7, 11) is 0. The van der Waals surface area contributed by atoms with Gasteiger partial charge in [-0.2, -0.15) is 0 Å². The SMILES string of the molecule is O=C(O)[C@@H]1C[C@H](O)CN1C(=O)c1cc(O)ccc1Cl. The molecular formula is C12H12ClNO5. The first-order valence-electron chi connectivity index (χ1n) is 5.60. The summed E-state index contributed by atoms with van der Waals surface area (Å²) in [6.07, 6.45) is -0.890. The molecule has 7 heteroatoms. The van der Waals surface area contributed by atoms with Crippen LogP contribution in [0, 0.1) is 0 Å². The summed E-state index contributed by atoms with van der Waals surface area (Å²) in [6, 6.07) is 2.77. The Morgan fingerprint density at radius 1 is 1.37 bits per heavy atom. The van der Waals surface area contributed by atoms with Gasteiger partial charge in [0.25, 0.3) is 5.91 Å². The molecule has 1 aromatic rings. The maximum absolute atomic E-state index is 12.2. The Hall–Kier alpha value is -1.79. The summed E-state index contributed by atoms with van der Waals surface area (Å²) >= 11 is 5.86. The number of carbonyl (C=O) groups is 2. The second kappa shape index (κ2) is 5.07. The molecule has 0 spiro atoms. The molecule has 1 aliphatic rings. The molecule has 0 aliphatic carbocycles. The minimum atomic E-state index is -1.18. The largest absolute Gasteiger partial charge is 0.508 e. The van der Waals surface area contributed by atoms with Crippen LogP contribution in [0.15, 0.2) is 18.2 Å². The molecule has 102 valence electrons. The van der Waals surface area contributed by atoms with E-state index in [1.165, 1.54) is 18.2 Å². The quantitative estimate of drug-likeness (QED) is 0.743. The number of phenols is 1. The maximum Gasteiger partial charge on any atom is 0.326 e. The second-order valence-corrected chi connectivity index (χ2v) is 4.77. The number of carboxylic acid groups (broad SMARTS) is 1. The van der Waals surface area contributed by atoms with Crippen LogP contribution in [0.2, 0.25) is 5.02 Å². The number of hydrogen-bond donors (Lipinski definition) is 3. The lowest BCUT2D eigenvalue weighted by Crippen LogP contribution is -2.40. The normalized spacial score (nSPS) is 22.5. The smallest absolute Gasteiger partial charge is 0.326 e. The van der Waals surface area contributed by atoms with Crippen LogP contribution in [-0.2, 0) is 4.79 Å². The number of aliphatic hydroxyl groups excluding tert-OH is 1. The van der Waals surface area contributed by atoms with E-state index >= 15 is 0 Å². The zero-order valence-corrected chi connectivity index (χ0v) is 10.5. The van der Waals surface area contributed by atoms with E-state index in [9.17, 15) is 19.8 Å². The van der Waals surface area contributed by atoms with Crippen molar-refractivity contribution >= 4 is 23.5 Å². The van der Waals surface area contributed by atoms with Gasteiger partial charge in [0.15, 0.2) is 0 Å². The van der Waals surface area contributed by atoms with Crippen LogP contribution in [0.25, 0.3) is 0 Å². The van der Waals surface area contributed by atoms with Gasteiger partial charge in [-0.05, 0) is 18.2 Å². The van der Waals surface area contributed by atoms with Crippen molar-refractivity contribution in [2.45, 2.75) is 18.6 Å². The third-order valence-electron chi connectivity index (χ3n) is 3.01. The minimum Gasteiger partial charge on any atom is -0.508 e. The highest BCUT2D eigenvalue weighted by Gasteiger charge is 2.39. The highest BCUT2D eigenvalue weighted by atomic mass is 35.5. The van der Waals surface area contributed by atoms with Crippen LogP contribution < -0.4 is 0 Å². The Bertz CT molecular complexity index is 533. The molecule has 0 saturated carbocycles. The van der Waals surface area contributed by atoms with Crippen molar-refractivity contribution in [1.29, 1.82) is 0 Å². The van der Waals surface area contributed by atoms with Crippen molar-refractivity contribution in [3.8, 4) is 5.75 Å². The Kier molecular flexibility index (Phi) is 3.64. The molecule has 0 bridgehead atoms. The Balaban J connectivity index is 2.33. The molecule has 1 amide bonds. The fraction of sp³-hybridized carbons (Fsp3) is 0.333. The molecule has 1 saturated heterocycles. The number of hydrogen-bond acceptors (Lipinski definition) is 4. The van der Waals surface area contributed by atoms with E-state index in [1.54, 1.807) is 0 Å². The average Bonchev–Trinajstić information content (AvgIpc) is 2.74. The first-order chi connectivity index (χ1) is 8.90. The van der Waals surface area contributed by atoms with Crippen LogP contribution >= 0.6 is 11.6 Å². The van der Waals surface area contributed by atoms with Gasteiger partial charge in [0, 0.05) is 13.0 Å². The van der Waals surface area contributed by atoms with Crippen LogP contribution in [0.3, 0.4) is 0 Å². The molecule has 19 heavy (non-hydrogen) atoms. The standard InChI is InChI=1S/C12H12ClNO5/c13-9-2-1-6(15)3-8(9)11(17)14-5-7(16)4-10(14)12(18)19/h1-3,7,10,15-16H,4-5H2,(H,18,19)/t7-,10-/m0/s1. The van der Waals surface area contributed by atoms with Gasteiger partial charge in [0.05, 0.1) is 16.7 Å². The van der Waals surface area contributed by atoms with Gasteiger partial charge in [0.2, 0.25) is 0 Å². The molecule has 1 aromatic carbocycles. The van der Waals surface area contributed by atoms with E-state index < -0.39 is 24.0 Å². The Morgan fingerprint density at radius 3 is 2.68 bits per heavy atom. The van der Waals surface area contributed by atoms with Crippen LogP contribution in [0.4, 0.5) is 0 Å². The average molecular weight is 286 g/mol. The number of β-amino-alcohol motifs (C(OH)–C–C–N with tert-alkyl or cyclic N) is 1. The van der Waals surface area contributed by atoms with Gasteiger partial charge in [-0.15, -0.1) is 0 Å². The zero-order valence-electron chi connectivity index (χ0n) is 9.78. The molecule has 3 N–H and O–H groups in total. The number of carbonyl (C=O) groups excluding carboxylic acids is 1. The van der Waals surface area contributed by atoms with Crippen molar-refractivity contribution in [2.24, 2.45) is 0 Å². The highest BCUT2D eigenvalue weighted by molar-refractivity contribution is 6.34. The summed E-state index contributed by atoms with van der Waals surface area (Å²) in [4.78, 5) is 24.3. The van der Waals surface area contributed by atoms with Gasteiger partial charge >= 0.3 is 5.97 Å². The minimum absolute atomic E-state index is 0.0158. The summed E-state index contributed by atoms with van der Waals surface area (Å²) in [5, 5.41) is 28.0. The van der Waals surface area contributed by atoms with Gasteiger partial charge < -0.3 is 20.2 Å². The topological polar surface area (TPSA) is 98.1 Å². The molecular weight excluding hydrogens is 274 g/mol. The van der Waals surface area contributed by atoms with Crippen molar-refractivity contribution < 1.29 is 24.9 Å². The molecule has 6 nitrogen and oxygen atoms in total. The van der Waals surface area contributed by atoms with Crippen molar-refractivity contribution in [3.63, 3.8) is 0 Å². The molecule has 2 atom stereocenters. The van der Waals surface area contributed by atoms with Gasteiger partial charge in [-0.25, -0.2) is 4.79 Å². The number of aliphatic carboxylic acids is 1. The molecule has 0 aromatic heterocycles. The molecule has 0 radical (unpaired) electrons. The lowest BCUT2D eigenvalue weighted by atomic mass is 10.1. The zero-order chi connectivity index (χ0) is 14.2. The fourth-order valence-electron chi connectivity index (χ4n) is 2.10. The summed E-state index contributed by atoms with van der Waals surface area (Å²) < 4.78 is 0. The van der Waals surface area contributed by atoms with E-state index in [4.69, 9.17) is 16.7 Å². The molecule has 1 fully saturated rings. The van der Waals surface area contributed by atoms with E-state index in [0.717, 1.165) is 4.90 Å². The van der Waals surface area contributed by atoms with Crippen molar-refractivity contribution in [2.75, 3.05) is 6.54 Å². The first-order valence-corrected chi connectivity index (χ1v) is 5.98. The third kappa shape index (κ3) is 2.64. The maximum atomic E-state index is 12.2. The van der Waals surface area contributed by atoms with E-state index in [0.29, 0.717) is 0 Å². The fourth-order valence-corrected chi connectivity index (χ4v) is 2.30. The number of benzene rings is 1. The van der Waals surface area contributed by atoms with Crippen molar-refractivity contribution in [3.05, 3.63) is 28.8 Å². The number of carboxylic acids is 1. The molecule has 0 unspecified atom stereocenters. The second-order valence-electron chi connectivity index (χ2n) is 4.37. The number of nitrogens with zero attached hydrogens (tertiary/aromatic N) is 1. The monoisotopic (exact) mass is 285 g/mol. The number of rotatable bonds is 2. The third-order valence-corrected chi connectivity index (χ3v) is 3.33. The highest BCUT2D eigenvalue weighted by Crippen LogP contribution is 2.26. The number of amides is 1. The predicted octanol–water partition coefficient (Wildman–Crippen LogP) is 0.706. The van der Waals surface area contributed by atoms with Gasteiger partial charge in [0.1, 0.15) is 11.8 Å². The molecule has 1 aliphatic heterocycles. The van der Waals surface area contributed by atoms with Crippen LogP contribution in [-0.4, -0.2) is 50.8 Å². The predicted molar refractivity (Wildman–Crippen MR) is 66.2 cm³/mol. The first kappa shape index (κ1) is 13.6. The molecule has 2 rings (SSSR count). The summed E-state index contributed by atoms with van der Waals surface area (Å²) in [6.45, 7) is -0.0677. The summed E-state index contributed by atoms with van der Waals surface area (Å²) in [5.74, 6) is -1.94. The number of aromatic hydroxyl groups is 1. The number of phenolic OH excluding ortho intramolecular Hbond substituents is 1. The van der Waals surface area contributed by atoms with Crippen LogP contribution in [0.5, 0.6) is 5.75 Å². The number of likely N-dealkylation sites (tertiary alicyclic amines) is 1. The van der Waals surface area contributed by atoms with E-state index in [1.807, 2.05) is 0 Å². The van der Waals surface area contributed by atoms with E-state index in [-0.39, 0.29) is 29.3 Å². The van der Waals surface area contributed by atoms with Gasteiger partial charge in [-0.1, -0.05) is 11.6 Å². The van der Waals surface area contributed by atoms with Gasteiger partial charge in [-0.3, -0.25) is 4.79 Å². The molecule has 1 heterocycles. The van der Waals surface area contributed by atoms with Crippen LogP contribution in [0.1, 0.15) is 16.8 Å². The Labute approximate surface area is 113 Å². The van der Waals surface area contributed by atoms with Crippen molar-refractivity contribution in [1.82, 2.24) is 4.90 Å². The Morgan fingerprint density at radius 2 is 2.05 bits per heavy atom. The number of halogens is 1.